The van der Waals surface area contributed by atoms with Crippen molar-refractivity contribution in [2.45, 2.75) is 12.6 Å². The molecular weight excluding hydrogens is 105 g/mol. The van der Waals surface area contributed by atoms with Crippen molar-refractivity contribution < 1.29 is 0 Å². The maximum atomic E-state index is 8.27. The zero-order valence-corrected chi connectivity index (χ0v) is 5.87. The van der Waals surface area contributed by atoms with Gasteiger partial charge in [-0.15, -0.1) is 0 Å². The van der Waals surface area contributed by atoms with E-state index in [-0.39, 0.29) is 13.6 Å². The van der Waals surface area contributed by atoms with Gasteiger partial charge in [0.2, 0.25) is 0 Å². The van der Waals surface area contributed by atoms with Gasteiger partial charge < -0.3 is 0 Å². The highest BCUT2D eigenvalue weighted by atomic mass is 31.1. The predicted molar refractivity (Wildman–Crippen MR) is 33.8 cm³/mol. The van der Waals surface area contributed by atoms with Crippen LogP contribution in [-0.2, 0) is 0 Å². The molecule has 0 aliphatic rings. The fourth-order valence-electron chi connectivity index (χ4n) is 0.115. The quantitative estimate of drug-likeness (QED) is 0.476. The Labute approximate surface area is 46.1 Å². The highest BCUT2D eigenvalue weighted by molar-refractivity contribution is 7.57. The SMILES string of the molecule is CC(C#N)P(C)C. The fourth-order valence-corrected chi connectivity index (χ4v) is 0.346. The molecule has 0 N–H and O–H groups in total. The van der Waals surface area contributed by atoms with E-state index in [2.05, 4.69) is 19.4 Å². The van der Waals surface area contributed by atoms with Gasteiger partial charge in [0, 0.05) is 0 Å². The van der Waals surface area contributed by atoms with Crippen LogP contribution in [0.1, 0.15) is 6.92 Å². The van der Waals surface area contributed by atoms with Gasteiger partial charge in [0.1, 0.15) is 0 Å². The summed E-state index contributed by atoms with van der Waals surface area (Å²) >= 11 is 0. The second kappa shape index (κ2) is 2.99. The lowest BCUT2D eigenvalue weighted by atomic mass is 10.5. The molecule has 0 amide bonds. The third-order valence-electron chi connectivity index (χ3n) is 0.961. The van der Waals surface area contributed by atoms with Crippen LogP contribution in [0.4, 0.5) is 0 Å². The first-order valence-electron chi connectivity index (χ1n) is 2.24. The van der Waals surface area contributed by atoms with E-state index in [4.69, 9.17) is 5.26 Å². The zero-order chi connectivity index (χ0) is 5.86. The van der Waals surface area contributed by atoms with Crippen LogP contribution in [0.2, 0.25) is 0 Å². The van der Waals surface area contributed by atoms with Gasteiger partial charge in [0.05, 0.1) is 11.7 Å². The molecule has 0 fully saturated rings. The van der Waals surface area contributed by atoms with Crippen LogP contribution in [0.5, 0.6) is 0 Å². The van der Waals surface area contributed by atoms with Crippen molar-refractivity contribution in [1.82, 2.24) is 0 Å². The third kappa shape index (κ3) is 2.60. The second-order valence-corrected chi connectivity index (χ2v) is 4.47. The van der Waals surface area contributed by atoms with E-state index < -0.39 is 0 Å². The maximum Gasteiger partial charge on any atom is 0.0699 e. The van der Waals surface area contributed by atoms with E-state index in [1.54, 1.807) is 0 Å². The van der Waals surface area contributed by atoms with Crippen LogP contribution in [0, 0.1) is 11.3 Å². The number of nitriles is 1. The Morgan fingerprint density at radius 2 is 2.00 bits per heavy atom. The summed E-state index contributed by atoms with van der Waals surface area (Å²) in [5.74, 6) is 0. The summed E-state index contributed by atoms with van der Waals surface area (Å²) in [5.41, 5.74) is 0.273. The van der Waals surface area contributed by atoms with E-state index in [1.165, 1.54) is 0 Å². The van der Waals surface area contributed by atoms with Crippen LogP contribution in [0.3, 0.4) is 0 Å². The molecule has 0 saturated heterocycles. The zero-order valence-electron chi connectivity index (χ0n) is 4.97. The second-order valence-electron chi connectivity index (χ2n) is 1.77. The Morgan fingerprint density at radius 3 is 2.00 bits per heavy atom. The first-order chi connectivity index (χ1) is 3.18. The summed E-state index contributed by atoms with van der Waals surface area (Å²) in [7, 11) is -0.0229. The molecule has 0 aromatic carbocycles. The largest absolute Gasteiger partial charge is 0.198 e. The molecule has 1 atom stereocenters. The van der Waals surface area contributed by atoms with Crippen molar-refractivity contribution >= 4 is 7.92 Å². The molecule has 1 unspecified atom stereocenters. The van der Waals surface area contributed by atoms with Crippen molar-refractivity contribution in [3.05, 3.63) is 0 Å². The lowest BCUT2D eigenvalue weighted by Gasteiger charge is -2.03. The Morgan fingerprint density at radius 1 is 1.57 bits per heavy atom. The Kier molecular flexibility index (Phi) is 2.96. The van der Waals surface area contributed by atoms with Crippen molar-refractivity contribution in [2.75, 3.05) is 13.3 Å². The van der Waals surface area contributed by atoms with Gasteiger partial charge >= 0.3 is 0 Å². The van der Waals surface area contributed by atoms with E-state index in [0.29, 0.717) is 0 Å². The Hall–Kier alpha value is -0.0800. The molecule has 0 heterocycles. The minimum atomic E-state index is -0.0229. The molecule has 0 aromatic heterocycles. The molecule has 2 heteroatoms. The summed E-state index contributed by atoms with van der Waals surface area (Å²) in [6.45, 7) is 6.19. The maximum absolute atomic E-state index is 8.27. The average molecular weight is 115 g/mol. The number of hydrogen-bond donors (Lipinski definition) is 0. The minimum Gasteiger partial charge on any atom is -0.198 e. The molecule has 0 saturated carbocycles. The van der Waals surface area contributed by atoms with Gasteiger partial charge in [-0.2, -0.15) is 5.26 Å². The first kappa shape index (κ1) is 6.92. The van der Waals surface area contributed by atoms with Crippen molar-refractivity contribution in [3.8, 4) is 6.07 Å². The average Bonchev–Trinajstić information content (AvgIpc) is 1.65. The molecule has 0 radical (unpaired) electrons. The van der Waals surface area contributed by atoms with Crippen LogP contribution < -0.4 is 0 Å². The molecule has 1 nitrogen and oxygen atoms in total. The van der Waals surface area contributed by atoms with Crippen molar-refractivity contribution in [2.24, 2.45) is 0 Å². The van der Waals surface area contributed by atoms with Crippen LogP contribution in [0.15, 0.2) is 0 Å². The normalized spacial score (nSPS) is 13.6. The Bertz CT molecular complexity index is 82.6. The van der Waals surface area contributed by atoms with Gasteiger partial charge in [0.15, 0.2) is 0 Å². The van der Waals surface area contributed by atoms with E-state index >= 15 is 0 Å². The topological polar surface area (TPSA) is 23.8 Å². The molecule has 0 aliphatic heterocycles. The molecular formula is C5H10NP. The summed E-state index contributed by atoms with van der Waals surface area (Å²) in [6.07, 6.45) is 0. The number of hydrogen-bond acceptors (Lipinski definition) is 1. The number of rotatable bonds is 1. The van der Waals surface area contributed by atoms with E-state index in [1.807, 2.05) is 6.92 Å². The van der Waals surface area contributed by atoms with Crippen molar-refractivity contribution in [1.29, 1.82) is 5.26 Å². The van der Waals surface area contributed by atoms with Gasteiger partial charge in [-0.1, -0.05) is 7.92 Å². The Balaban J connectivity index is 3.40. The fraction of sp³-hybridized carbons (Fsp3) is 0.800. The first-order valence-corrected chi connectivity index (χ1v) is 4.55. The summed E-state index contributed by atoms with van der Waals surface area (Å²) < 4.78 is 0. The molecule has 40 valence electrons. The highest BCUT2D eigenvalue weighted by Gasteiger charge is 2.01. The standard InChI is InChI=1S/C5H10NP/c1-5(4-6)7(2)3/h5H,1-3H3. The van der Waals surface area contributed by atoms with Gasteiger partial charge in [-0.05, 0) is 20.3 Å². The molecule has 0 aliphatic carbocycles. The lowest BCUT2D eigenvalue weighted by molar-refractivity contribution is 1.22. The van der Waals surface area contributed by atoms with Crippen molar-refractivity contribution in [3.63, 3.8) is 0 Å². The summed E-state index contributed by atoms with van der Waals surface area (Å²) in [5, 5.41) is 8.27. The smallest absolute Gasteiger partial charge is 0.0699 e. The molecule has 0 aromatic rings. The lowest BCUT2D eigenvalue weighted by Crippen LogP contribution is -1.90. The third-order valence-corrected chi connectivity index (χ3v) is 2.63. The monoisotopic (exact) mass is 115 g/mol. The summed E-state index contributed by atoms with van der Waals surface area (Å²) in [6, 6.07) is 2.19. The molecule has 0 spiro atoms. The molecule has 0 rings (SSSR count). The molecule has 7 heavy (non-hydrogen) atoms. The summed E-state index contributed by atoms with van der Waals surface area (Å²) in [4.78, 5) is 0. The van der Waals surface area contributed by atoms with E-state index in [0.717, 1.165) is 0 Å². The molecule has 0 bridgehead atoms. The van der Waals surface area contributed by atoms with Crippen LogP contribution >= 0.6 is 7.92 Å². The van der Waals surface area contributed by atoms with Gasteiger partial charge in [-0.25, -0.2) is 0 Å². The van der Waals surface area contributed by atoms with Crippen LogP contribution in [0.25, 0.3) is 0 Å². The minimum absolute atomic E-state index is 0.0229. The van der Waals surface area contributed by atoms with Crippen LogP contribution in [-0.4, -0.2) is 19.0 Å². The number of nitrogens with zero attached hydrogens (tertiary/aromatic N) is 1. The highest BCUT2D eigenvalue weighted by Crippen LogP contribution is 2.30. The van der Waals surface area contributed by atoms with Gasteiger partial charge in [-0.3, -0.25) is 0 Å². The predicted octanol–water partition coefficient (Wildman–Crippen LogP) is 1.64. The van der Waals surface area contributed by atoms with E-state index in [9.17, 15) is 0 Å². The van der Waals surface area contributed by atoms with Gasteiger partial charge in [0.25, 0.3) is 0 Å².